The van der Waals surface area contributed by atoms with Crippen molar-refractivity contribution in [3.05, 3.63) is 75.5 Å². The lowest BCUT2D eigenvalue weighted by molar-refractivity contribution is 0.0728. The minimum absolute atomic E-state index is 0.136. The topological polar surface area (TPSA) is 94.9 Å². The smallest absolute Gasteiger partial charge is 0.277 e. The van der Waals surface area contributed by atoms with E-state index in [0.29, 0.717) is 18.7 Å². The number of hydrogen-bond donors (Lipinski definition) is 2. The number of fused-ring (bicyclic) bond motifs is 1. The number of hydrogen-bond acceptors (Lipinski definition) is 5. The number of nitrogens with zero attached hydrogens (tertiary/aromatic N) is 3. The van der Waals surface area contributed by atoms with Crippen molar-refractivity contribution in [3.8, 4) is 5.75 Å². The van der Waals surface area contributed by atoms with Gasteiger partial charge in [-0.2, -0.15) is 0 Å². The Morgan fingerprint density at radius 2 is 1.88 bits per heavy atom. The fourth-order valence-corrected chi connectivity index (χ4v) is 3.81. The molecule has 0 saturated heterocycles. The van der Waals surface area contributed by atoms with Gasteiger partial charge in [-0.05, 0) is 12.8 Å². The average Bonchev–Trinajstić information content (AvgIpc) is 3.52. The minimum atomic E-state index is -1.20. The number of amides is 2. The van der Waals surface area contributed by atoms with Crippen LogP contribution in [0.4, 0.5) is 13.2 Å². The Labute approximate surface area is 186 Å². The number of nitrogens with one attached hydrogen (secondary N) is 1. The van der Waals surface area contributed by atoms with Crippen LogP contribution in [0.2, 0.25) is 0 Å². The molecule has 8 nitrogen and oxygen atoms in total. The molecule has 4 rings (SSSR count). The van der Waals surface area contributed by atoms with E-state index in [4.69, 9.17) is 0 Å². The highest BCUT2D eigenvalue weighted by Crippen LogP contribution is 2.47. The monoisotopic (exact) mass is 462 g/mol. The molecule has 2 aliphatic rings. The zero-order chi connectivity index (χ0) is 24.1. The summed E-state index contributed by atoms with van der Waals surface area (Å²) in [6.45, 7) is 3.74. The molecule has 1 aliphatic carbocycles. The normalized spacial score (nSPS) is 16.4. The van der Waals surface area contributed by atoms with Crippen molar-refractivity contribution in [2.24, 2.45) is 5.41 Å². The Morgan fingerprint density at radius 3 is 2.45 bits per heavy atom. The van der Waals surface area contributed by atoms with Gasteiger partial charge in [0, 0.05) is 49.4 Å². The van der Waals surface area contributed by atoms with Gasteiger partial charge in [0.1, 0.15) is 29.7 Å². The van der Waals surface area contributed by atoms with Crippen molar-refractivity contribution in [2.75, 3.05) is 25.3 Å². The van der Waals surface area contributed by atoms with Gasteiger partial charge < -0.3 is 15.3 Å². The van der Waals surface area contributed by atoms with E-state index in [2.05, 4.69) is 11.9 Å². The summed E-state index contributed by atoms with van der Waals surface area (Å²) in [5.74, 6) is -6.04. The molecule has 1 aliphatic heterocycles. The number of aromatic hydroxyl groups is 1. The molecule has 1 aromatic heterocycles. The molecule has 0 unspecified atom stereocenters. The van der Waals surface area contributed by atoms with Gasteiger partial charge in [-0.3, -0.25) is 24.1 Å². The number of aromatic nitrogens is 1. The van der Waals surface area contributed by atoms with Gasteiger partial charge in [0.25, 0.3) is 11.8 Å². The molecule has 0 bridgehead atoms. The zero-order valence-electron chi connectivity index (χ0n) is 17.7. The van der Waals surface area contributed by atoms with Crippen molar-refractivity contribution >= 4 is 11.8 Å². The molecular formula is C22H21F3N4O4. The molecule has 1 fully saturated rings. The fourth-order valence-electron chi connectivity index (χ4n) is 3.81. The Morgan fingerprint density at radius 1 is 1.24 bits per heavy atom. The molecule has 2 amide bonds. The van der Waals surface area contributed by atoms with Gasteiger partial charge in [-0.25, -0.2) is 13.2 Å². The molecule has 33 heavy (non-hydrogen) atoms. The third kappa shape index (κ3) is 3.94. The molecule has 2 heterocycles. The van der Waals surface area contributed by atoms with Gasteiger partial charge in [0.05, 0.1) is 0 Å². The largest absolute Gasteiger partial charge is 0.502 e. The maximum Gasteiger partial charge on any atom is 0.277 e. The Balaban J connectivity index is 1.68. The Bertz CT molecular complexity index is 1220. The van der Waals surface area contributed by atoms with Crippen LogP contribution in [-0.2, 0) is 6.54 Å². The standard InChI is InChI=1S/C22H21F3N4O4/c1-3-22(4-5-22)10-28-11-27(2)21(33)17-19(31)18(30)14(9-29(17)28)20(32)26-8-13-15(24)6-12(23)7-16(13)25/h3,6-7,9,31H,1,4-5,8,10-11H2,2H3,(H,26,32). The van der Waals surface area contributed by atoms with Crippen LogP contribution in [0.3, 0.4) is 0 Å². The lowest BCUT2D eigenvalue weighted by Crippen LogP contribution is -2.54. The van der Waals surface area contributed by atoms with E-state index in [1.54, 1.807) is 5.01 Å². The van der Waals surface area contributed by atoms with Crippen LogP contribution in [0.1, 0.15) is 39.3 Å². The number of rotatable bonds is 6. The van der Waals surface area contributed by atoms with E-state index < -0.39 is 58.1 Å². The quantitative estimate of drug-likeness (QED) is 0.639. The highest BCUT2D eigenvalue weighted by atomic mass is 19.1. The summed E-state index contributed by atoms with van der Waals surface area (Å²) >= 11 is 0. The minimum Gasteiger partial charge on any atom is -0.502 e. The van der Waals surface area contributed by atoms with E-state index >= 15 is 0 Å². The molecule has 174 valence electrons. The molecule has 2 aromatic rings. The molecule has 2 N–H and O–H groups in total. The fraction of sp³-hybridized carbons (Fsp3) is 0.318. The maximum atomic E-state index is 13.9. The summed E-state index contributed by atoms with van der Waals surface area (Å²) in [5, 5.41) is 14.4. The second kappa shape index (κ2) is 7.98. The number of halogens is 3. The first-order chi connectivity index (χ1) is 15.6. The van der Waals surface area contributed by atoms with Crippen LogP contribution in [0, 0.1) is 22.9 Å². The van der Waals surface area contributed by atoms with Gasteiger partial charge >= 0.3 is 0 Å². The van der Waals surface area contributed by atoms with Crippen molar-refractivity contribution < 1.29 is 27.9 Å². The van der Waals surface area contributed by atoms with Crippen molar-refractivity contribution in [3.63, 3.8) is 0 Å². The molecule has 11 heteroatoms. The van der Waals surface area contributed by atoms with Crippen LogP contribution >= 0.6 is 0 Å². The second-order valence-corrected chi connectivity index (χ2v) is 8.32. The number of benzene rings is 1. The van der Waals surface area contributed by atoms with Crippen LogP contribution in [-0.4, -0.2) is 46.8 Å². The number of carbonyl (C=O) groups excluding carboxylic acids is 2. The van der Waals surface area contributed by atoms with Crippen LogP contribution in [0.15, 0.2) is 35.8 Å². The predicted molar refractivity (Wildman–Crippen MR) is 112 cm³/mol. The maximum absolute atomic E-state index is 13.9. The summed E-state index contributed by atoms with van der Waals surface area (Å²) < 4.78 is 42.1. The van der Waals surface area contributed by atoms with E-state index in [-0.39, 0.29) is 17.8 Å². The van der Waals surface area contributed by atoms with Gasteiger partial charge in [-0.15, -0.1) is 6.58 Å². The van der Waals surface area contributed by atoms with Crippen LogP contribution in [0.25, 0.3) is 0 Å². The molecule has 0 atom stereocenters. The van der Waals surface area contributed by atoms with E-state index in [0.717, 1.165) is 19.0 Å². The second-order valence-electron chi connectivity index (χ2n) is 8.32. The van der Waals surface area contributed by atoms with E-state index in [9.17, 15) is 32.7 Å². The first kappa shape index (κ1) is 22.4. The Kier molecular flexibility index (Phi) is 5.43. The number of carbonyl (C=O) groups is 2. The lowest BCUT2D eigenvalue weighted by Gasteiger charge is -2.39. The van der Waals surface area contributed by atoms with Crippen LogP contribution in [0.5, 0.6) is 5.75 Å². The summed E-state index contributed by atoms with van der Waals surface area (Å²) in [7, 11) is 1.52. The van der Waals surface area contributed by atoms with Gasteiger partial charge in [0.15, 0.2) is 11.4 Å². The molecule has 1 aromatic carbocycles. The van der Waals surface area contributed by atoms with Gasteiger partial charge in [0.2, 0.25) is 5.43 Å². The van der Waals surface area contributed by atoms with Crippen LogP contribution < -0.4 is 15.8 Å². The van der Waals surface area contributed by atoms with Crippen molar-refractivity contribution in [1.82, 2.24) is 14.9 Å². The zero-order valence-corrected chi connectivity index (χ0v) is 17.7. The SMILES string of the molecule is C=CC1(CN2CN(C)C(=O)c3c(O)c(=O)c(C(=O)NCc4c(F)cc(F)cc4F)cn32)CC1. The Hall–Kier alpha value is -3.76. The summed E-state index contributed by atoms with van der Waals surface area (Å²) in [4.78, 5) is 39.3. The average molecular weight is 462 g/mol. The van der Waals surface area contributed by atoms with Crippen molar-refractivity contribution in [1.29, 1.82) is 0 Å². The summed E-state index contributed by atoms with van der Waals surface area (Å²) in [6.07, 6.45) is 4.70. The summed E-state index contributed by atoms with van der Waals surface area (Å²) in [5.41, 5.74) is -2.69. The van der Waals surface area contributed by atoms with E-state index in [1.165, 1.54) is 16.6 Å². The van der Waals surface area contributed by atoms with E-state index in [1.807, 2.05) is 6.08 Å². The number of pyridine rings is 1. The summed E-state index contributed by atoms with van der Waals surface area (Å²) in [6, 6.07) is 0.939. The third-order valence-corrected chi connectivity index (χ3v) is 5.99. The molecule has 1 saturated carbocycles. The highest BCUT2D eigenvalue weighted by Gasteiger charge is 2.43. The lowest BCUT2D eigenvalue weighted by atomic mass is 10.1. The third-order valence-electron chi connectivity index (χ3n) is 5.99. The first-order valence-corrected chi connectivity index (χ1v) is 10.1. The highest BCUT2D eigenvalue weighted by molar-refractivity contribution is 5.99. The molecular weight excluding hydrogens is 441 g/mol. The first-order valence-electron chi connectivity index (χ1n) is 10.1. The molecule has 0 radical (unpaired) electrons. The van der Waals surface area contributed by atoms with Crippen molar-refractivity contribution in [2.45, 2.75) is 19.4 Å². The van der Waals surface area contributed by atoms with Gasteiger partial charge in [-0.1, -0.05) is 6.08 Å². The predicted octanol–water partition coefficient (Wildman–Crippen LogP) is 1.85. The molecule has 0 spiro atoms.